The van der Waals surface area contributed by atoms with Crippen LogP contribution < -0.4 is 4.74 Å². The highest BCUT2D eigenvalue weighted by Gasteiger charge is 2.35. The molecule has 7 heteroatoms. The molecule has 0 saturated heterocycles. The Labute approximate surface area is 201 Å². The monoisotopic (exact) mass is 475 g/mol. The van der Waals surface area contributed by atoms with Crippen LogP contribution in [-0.2, 0) is 0 Å². The van der Waals surface area contributed by atoms with E-state index in [0.717, 1.165) is 27.7 Å². The Morgan fingerprint density at radius 2 is 1.76 bits per heavy atom. The van der Waals surface area contributed by atoms with Crippen molar-refractivity contribution in [3.8, 4) is 5.75 Å². The lowest BCUT2D eigenvalue weighted by molar-refractivity contribution is 0.0711. The van der Waals surface area contributed by atoms with Crippen molar-refractivity contribution >= 4 is 45.7 Å². The lowest BCUT2D eigenvalue weighted by atomic mass is 9.98. The average Bonchev–Trinajstić information content (AvgIpc) is 3.29. The molecule has 33 heavy (non-hydrogen) atoms. The van der Waals surface area contributed by atoms with Crippen molar-refractivity contribution in [3.63, 3.8) is 0 Å². The fourth-order valence-corrected chi connectivity index (χ4v) is 4.37. The zero-order chi connectivity index (χ0) is 22.9. The number of methoxy groups -OCH3 is 1. The number of halogens is 2. The van der Waals surface area contributed by atoms with Gasteiger partial charge in [0.05, 0.1) is 24.4 Å². The Bertz CT molecular complexity index is 1370. The van der Waals surface area contributed by atoms with Crippen LogP contribution in [0.1, 0.15) is 33.9 Å². The van der Waals surface area contributed by atoms with E-state index in [9.17, 15) is 4.79 Å². The summed E-state index contributed by atoms with van der Waals surface area (Å²) in [7, 11) is 1.61. The van der Waals surface area contributed by atoms with E-state index in [-0.39, 0.29) is 5.91 Å². The molecule has 4 aromatic rings. The van der Waals surface area contributed by atoms with Crippen LogP contribution in [0, 0.1) is 0 Å². The van der Waals surface area contributed by atoms with Gasteiger partial charge < -0.3 is 4.74 Å². The van der Waals surface area contributed by atoms with Crippen LogP contribution >= 0.6 is 23.2 Å². The zero-order valence-electron chi connectivity index (χ0n) is 17.7. The molecule has 164 valence electrons. The highest BCUT2D eigenvalue weighted by Crippen LogP contribution is 2.38. The molecule has 0 aliphatic carbocycles. The second kappa shape index (κ2) is 8.85. The number of hydrogen-bond donors (Lipinski definition) is 0. The highest BCUT2D eigenvalue weighted by molar-refractivity contribution is 6.31. The fourth-order valence-electron chi connectivity index (χ4n) is 3.97. The summed E-state index contributed by atoms with van der Waals surface area (Å²) in [4.78, 5) is 18.0. The quantitative estimate of drug-likeness (QED) is 0.314. The average molecular weight is 476 g/mol. The second-order valence-electron chi connectivity index (χ2n) is 7.72. The molecule has 0 spiro atoms. The molecule has 0 radical (unpaired) electrons. The molecule has 0 unspecified atom stereocenters. The van der Waals surface area contributed by atoms with E-state index in [1.807, 2.05) is 66.7 Å². The Morgan fingerprint density at radius 3 is 2.48 bits per heavy atom. The molecule has 5 nitrogen and oxygen atoms in total. The minimum absolute atomic E-state index is 0.199. The summed E-state index contributed by atoms with van der Waals surface area (Å²) in [6.45, 7) is 0. The van der Waals surface area contributed by atoms with Gasteiger partial charge in [-0.1, -0.05) is 53.5 Å². The normalized spacial score (nSPS) is 15.5. The third kappa shape index (κ3) is 4.17. The summed E-state index contributed by atoms with van der Waals surface area (Å²) in [5, 5.41) is 8.11. The standard InChI is InChI=1S/C26H19Cl2N3O2/c1-33-20-12-9-18-13-21(25(28)29-22(18)14-20)24-15-23(16-7-10-19(27)11-8-16)30-31(24)26(32)17-5-3-2-4-6-17/h2-14,24H,15H2,1H3/t24-/m0/s1. The SMILES string of the molecule is COc1ccc2cc([C@@H]3CC(c4ccc(Cl)cc4)=NN3C(=O)c3ccccc3)c(Cl)nc2c1. The van der Waals surface area contributed by atoms with Crippen LogP contribution in [0.15, 0.2) is 84.0 Å². The zero-order valence-corrected chi connectivity index (χ0v) is 19.2. The Hall–Kier alpha value is -3.41. The maximum absolute atomic E-state index is 13.4. The molecule has 2 heterocycles. The maximum Gasteiger partial charge on any atom is 0.274 e. The minimum Gasteiger partial charge on any atom is -0.497 e. The van der Waals surface area contributed by atoms with Crippen LogP contribution in [-0.4, -0.2) is 28.7 Å². The number of nitrogens with zero attached hydrogens (tertiary/aromatic N) is 3. The number of hydrogen-bond acceptors (Lipinski definition) is 4. The molecule has 0 saturated carbocycles. The highest BCUT2D eigenvalue weighted by atomic mass is 35.5. The third-order valence-corrected chi connectivity index (χ3v) is 6.24. The summed E-state index contributed by atoms with van der Waals surface area (Å²) in [5.74, 6) is 0.504. The lowest BCUT2D eigenvalue weighted by Crippen LogP contribution is -2.27. The number of aromatic nitrogens is 1. The molecular weight excluding hydrogens is 457 g/mol. The number of carbonyl (C=O) groups excluding carboxylic acids is 1. The molecule has 1 atom stereocenters. The number of amides is 1. The van der Waals surface area contributed by atoms with Crippen molar-refractivity contribution in [2.75, 3.05) is 7.11 Å². The number of carbonyl (C=O) groups is 1. The van der Waals surface area contributed by atoms with Gasteiger partial charge >= 0.3 is 0 Å². The van der Waals surface area contributed by atoms with Crippen LogP contribution in [0.2, 0.25) is 10.2 Å². The number of fused-ring (bicyclic) bond motifs is 1. The van der Waals surface area contributed by atoms with Crippen molar-refractivity contribution in [1.82, 2.24) is 9.99 Å². The summed E-state index contributed by atoms with van der Waals surface area (Å²) in [6.07, 6.45) is 0.503. The molecule has 0 bridgehead atoms. The van der Waals surface area contributed by atoms with Crippen molar-refractivity contribution in [2.45, 2.75) is 12.5 Å². The van der Waals surface area contributed by atoms with E-state index < -0.39 is 6.04 Å². The van der Waals surface area contributed by atoms with Gasteiger partial charge in [-0.15, -0.1) is 0 Å². The van der Waals surface area contributed by atoms with Gasteiger partial charge in [-0.05, 0) is 48.0 Å². The van der Waals surface area contributed by atoms with Gasteiger partial charge in [0, 0.05) is 34.0 Å². The number of pyridine rings is 1. The first-order chi connectivity index (χ1) is 16.0. The molecular formula is C26H19Cl2N3O2. The molecule has 1 aliphatic rings. The summed E-state index contributed by atoms with van der Waals surface area (Å²) in [6, 6.07) is 23.8. The number of hydrazone groups is 1. The van der Waals surface area contributed by atoms with Crippen LogP contribution in [0.25, 0.3) is 10.9 Å². The first-order valence-electron chi connectivity index (χ1n) is 10.4. The number of rotatable bonds is 4. The third-order valence-electron chi connectivity index (χ3n) is 5.68. The first kappa shape index (κ1) is 21.4. The largest absolute Gasteiger partial charge is 0.497 e. The van der Waals surface area contributed by atoms with Crippen molar-refractivity contribution in [1.29, 1.82) is 0 Å². The summed E-state index contributed by atoms with van der Waals surface area (Å²) < 4.78 is 5.30. The van der Waals surface area contributed by atoms with E-state index in [0.29, 0.717) is 27.9 Å². The molecule has 1 aliphatic heterocycles. The molecule has 3 aromatic carbocycles. The topological polar surface area (TPSA) is 54.8 Å². The smallest absolute Gasteiger partial charge is 0.274 e. The van der Waals surface area contributed by atoms with Gasteiger partial charge in [0.25, 0.3) is 5.91 Å². The van der Waals surface area contributed by atoms with Crippen LogP contribution in [0.5, 0.6) is 5.75 Å². The van der Waals surface area contributed by atoms with Gasteiger partial charge in [0.1, 0.15) is 10.9 Å². The van der Waals surface area contributed by atoms with E-state index in [4.69, 9.17) is 33.0 Å². The van der Waals surface area contributed by atoms with Crippen LogP contribution in [0.3, 0.4) is 0 Å². The fraction of sp³-hybridized carbons (Fsp3) is 0.115. The number of benzene rings is 3. The van der Waals surface area contributed by atoms with E-state index in [1.165, 1.54) is 5.01 Å². The van der Waals surface area contributed by atoms with E-state index in [1.54, 1.807) is 19.2 Å². The van der Waals surface area contributed by atoms with Crippen LogP contribution in [0.4, 0.5) is 0 Å². The van der Waals surface area contributed by atoms with E-state index in [2.05, 4.69) is 4.98 Å². The van der Waals surface area contributed by atoms with Crippen molar-refractivity contribution in [2.24, 2.45) is 5.10 Å². The van der Waals surface area contributed by atoms with Gasteiger partial charge in [-0.25, -0.2) is 9.99 Å². The van der Waals surface area contributed by atoms with Gasteiger partial charge in [0.2, 0.25) is 0 Å². The molecule has 5 rings (SSSR count). The van der Waals surface area contributed by atoms with Gasteiger partial charge in [-0.3, -0.25) is 4.79 Å². The van der Waals surface area contributed by atoms with Crippen molar-refractivity contribution < 1.29 is 9.53 Å². The molecule has 1 aromatic heterocycles. The Morgan fingerprint density at radius 1 is 1.00 bits per heavy atom. The number of ether oxygens (including phenoxy) is 1. The summed E-state index contributed by atoms with van der Waals surface area (Å²) >= 11 is 12.7. The lowest BCUT2D eigenvalue weighted by Gasteiger charge is -2.23. The Balaban J connectivity index is 1.59. The van der Waals surface area contributed by atoms with Gasteiger partial charge in [0.15, 0.2) is 0 Å². The van der Waals surface area contributed by atoms with Crippen molar-refractivity contribution in [3.05, 3.63) is 106 Å². The second-order valence-corrected chi connectivity index (χ2v) is 8.51. The summed E-state index contributed by atoms with van der Waals surface area (Å²) in [5.41, 5.74) is 3.71. The molecule has 0 fully saturated rings. The Kier molecular flexibility index (Phi) is 5.75. The molecule has 1 amide bonds. The minimum atomic E-state index is -0.394. The van der Waals surface area contributed by atoms with E-state index >= 15 is 0 Å². The first-order valence-corrected chi connectivity index (χ1v) is 11.2. The molecule has 0 N–H and O–H groups in total. The maximum atomic E-state index is 13.4. The predicted molar refractivity (Wildman–Crippen MR) is 131 cm³/mol. The van der Waals surface area contributed by atoms with Gasteiger partial charge in [-0.2, -0.15) is 5.10 Å². The predicted octanol–water partition coefficient (Wildman–Crippen LogP) is 6.54.